The van der Waals surface area contributed by atoms with Crippen LogP contribution in [0, 0.1) is 12.3 Å². The number of primary amides is 1. The first-order valence-electron chi connectivity index (χ1n) is 9.51. The Labute approximate surface area is 163 Å². The molecule has 0 radical (unpaired) electrons. The van der Waals surface area contributed by atoms with Gasteiger partial charge < -0.3 is 20.4 Å². The van der Waals surface area contributed by atoms with E-state index in [0.29, 0.717) is 31.3 Å². The third-order valence-corrected chi connectivity index (χ3v) is 5.37. The molecule has 4 rings (SSSR count). The van der Waals surface area contributed by atoms with Crippen molar-refractivity contribution in [3.05, 3.63) is 34.9 Å². The van der Waals surface area contributed by atoms with Crippen LogP contribution in [-0.4, -0.2) is 45.5 Å². The molecule has 1 aliphatic carbocycles. The van der Waals surface area contributed by atoms with Crippen molar-refractivity contribution in [2.75, 3.05) is 18.5 Å². The molecular weight excluding hydrogens is 358 g/mol. The number of aryl methyl sites for hydroxylation is 1. The van der Waals surface area contributed by atoms with E-state index in [2.05, 4.69) is 29.1 Å². The van der Waals surface area contributed by atoms with E-state index in [-0.39, 0.29) is 22.9 Å². The first kappa shape index (κ1) is 18.6. The number of ketones is 1. The minimum atomic E-state index is -0.637. The molecule has 2 aromatic heterocycles. The highest BCUT2D eigenvalue weighted by Gasteiger charge is 2.35. The van der Waals surface area contributed by atoms with Gasteiger partial charge in [0.05, 0.1) is 18.8 Å². The molecule has 8 heteroatoms. The molecule has 3 heterocycles. The smallest absolute Gasteiger partial charge is 0.271 e. The zero-order chi connectivity index (χ0) is 20.1. The summed E-state index contributed by atoms with van der Waals surface area (Å²) < 4.78 is 7.30. The number of hydrogen-bond donors (Lipinski definition) is 2. The maximum atomic E-state index is 12.7. The van der Waals surface area contributed by atoms with Gasteiger partial charge in [-0.25, -0.2) is 9.97 Å². The summed E-state index contributed by atoms with van der Waals surface area (Å²) in [7, 11) is 0. The molecule has 3 N–H and O–H groups in total. The van der Waals surface area contributed by atoms with Gasteiger partial charge in [0.25, 0.3) is 5.91 Å². The Bertz CT molecular complexity index is 957. The number of carbonyl (C=O) groups excluding carboxylic acids is 2. The van der Waals surface area contributed by atoms with Gasteiger partial charge in [-0.05, 0) is 30.7 Å². The van der Waals surface area contributed by atoms with Gasteiger partial charge >= 0.3 is 0 Å². The summed E-state index contributed by atoms with van der Waals surface area (Å²) in [5, 5.41) is 3.23. The third kappa shape index (κ3) is 3.28. The molecule has 0 spiro atoms. The Morgan fingerprint density at radius 3 is 2.86 bits per heavy atom. The quantitative estimate of drug-likeness (QED) is 0.835. The molecule has 8 nitrogen and oxygen atoms in total. The Morgan fingerprint density at radius 2 is 2.18 bits per heavy atom. The first-order chi connectivity index (χ1) is 13.2. The number of carbonyl (C=O) groups is 2. The molecule has 0 aromatic carbocycles. The summed E-state index contributed by atoms with van der Waals surface area (Å²) in [4.78, 5) is 33.4. The van der Waals surface area contributed by atoms with Crippen LogP contribution >= 0.6 is 0 Å². The van der Waals surface area contributed by atoms with E-state index in [1.807, 2.05) is 17.7 Å². The molecule has 1 aliphatic heterocycles. The fraction of sp³-hybridized carbons (Fsp3) is 0.500. The van der Waals surface area contributed by atoms with Crippen molar-refractivity contribution in [2.24, 2.45) is 11.1 Å². The number of nitrogens with two attached hydrogens (primary N) is 1. The number of rotatable bonds is 4. The number of ether oxygens (including phenoxy) is 1. The molecule has 148 valence electrons. The number of Topliss-reactive ketones (excluding diaryl/α,β-unsaturated/α-hetero) is 1. The summed E-state index contributed by atoms with van der Waals surface area (Å²) in [5.74, 6) is 0.427. The van der Waals surface area contributed by atoms with Crippen LogP contribution in [0.3, 0.4) is 0 Å². The lowest BCUT2D eigenvalue weighted by molar-refractivity contribution is 0.0909. The Balaban J connectivity index is 1.79. The van der Waals surface area contributed by atoms with Crippen molar-refractivity contribution in [3.8, 4) is 5.82 Å². The van der Waals surface area contributed by atoms with Crippen molar-refractivity contribution >= 4 is 17.5 Å². The van der Waals surface area contributed by atoms with Gasteiger partial charge in [0, 0.05) is 30.5 Å². The standard InChI is InChI=1S/C20H25N5O3/c1-11-9-25(13-6-20(2,3)7-14(26)16(11)13)15-8-22-17(18(21)27)19(24-15)23-12-4-5-28-10-12/h8-9,12H,4-7,10H2,1-3H3,(H2,21,27)(H,23,24). The van der Waals surface area contributed by atoms with Gasteiger partial charge in [-0.1, -0.05) is 13.8 Å². The lowest BCUT2D eigenvalue weighted by atomic mass is 9.75. The Morgan fingerprint density at radius 1 is 1.39 bits per heavy atom. The molecule has 1 atom stereocenters. The van der Waals surface area contributed by atoms with Crippen LogP contribution in [0.1, 0.15) is 58.8 Å². The molecule has 2 aromatic rings. The van der Waals surface area contributed by atoms with E-state index >= 15 is 0 Å². The molecule has 1 fully saturated rings. The maximum Gasteiger partial charge on any atom is 0.271 e. The van der Waals surface area contributed by atoms with Crippen LogP contribution in [0.25, 0.3) is 5.82 Å². The van der Waals surface area contributed by atoms with E-state index in [9.17, 15) is 9.59 Å². The average Bonchev–Trinajstić information content (AvgIpc) is 3.21. The topological polar surface area (TPSA) is 112 Å². The summed E-state index contributed by atoms with van der Waals surface area (Å²) in [6.45, 7) is 7.33. The number of nitrogens with zero attached hydrogens (tertiary/aromatic N) is 3. The second kappa shape index (κ2) is 6.70. The van der Waals surface area contributed by atoms with Crippen molar-refractivity contribution in [3.63, 3.8) is 0 Å². The largest absolute Gasteiger partial charge is 0.379 e. The molecule has 28 heavy (non-hydrogen) atoms. The average molecular weight is 383 g/mol. The molecular formula is C20H25N5O3. The summed E-state index contributed by atoms with van der Waals surface area (Å²) in [6.07, 6.45) is 5.57. The van der Waals surface area contributed by atoms with Crippen molar-refractivity contribution in [1.82, 2.24) is 14.5 Å². The lowest BCUT2D eigenvalue weighted by Gasteiger charge is -2.29. The van der Waals surface area contributed by atoms with E-state index in [4.69, 9.17) is 10.5 Å². The predicted molar refractivity (Wildman–Crippen MR) is 104 cm³/mol. The highest BCUT2D eigenvalue weighted by molar-refractivity contribution is 6.00. The van der Waals surface area contributed by atoms with E-state index in [0.717, 1.165) is 29.7 Å². The van der Waals surface area contributed by atoms with Crippen LogP contribution < -0.4 is 11.1 Å². The number of hydrogen-bond acceptors (Lipinski definition) is 6. The Hall–Kier alpha value is -2.74. The zero-order valence-corrected chi connectivity index (χ0v) is 16.4. The summed E-state index contributed by atoms with van der Waals surface area (Å²) in [5.41, 5.74) is 8.11. The first-order valence-corrected chi connectivity index (χ1v) is 9.51. The van der Waals surface area contributed by atoms with E-state index < -0.39 is 5.91 Å². The molecule has 1 amide bonds. The highest BCUT2D eigenvalue weighted by atomic mass is 16.5. The molecule has 2 aliphatic rings. The number of fused-ring (bicyclic) bond motifs is 1. The van der Waals surface area contributed by atoms with Crippen LogP contribution in [0.4, 0.5) is 5.82 Å². The second-order valence-electron chi connectivity index (χ2n) is 8.44. The zero-order valence-electron chi connectivity index (χ0n) is 16.4. The van der Waals surface area contributed by atoms with Crippen LogP contribution in [0.15, 0.2) is 12.4 Å². The minimum absolute atomic E-state index is 0.0588. The molecule has 1 unspecified atom stereocenters. The molecule has 1 saturated heterocycles. The Kier molecular flexibility index (Phi) is 4.45. The lowest BCUT2D eigenvalue weighted by Crippen LogP contribution is -2.28. The highest BCUT2D eigenvalue weighted by Crippen LogP contribution is 2.37. The van der Waals surface area contributed by atoms with Gasteiger partial charge in [-0.2, -0.15) is 0 Å². The van der Waals surface area contributed by atoms with Crippen LogP contribution in [0.5, 0.6) is 0 Å². The number of amides is 1. The maximum absolute atomic E-state index is 12.7. The van der Waals surface area contributed by atoms with Crippen LogP contribution in [0.2, 0.25) is 0 Å². The van der Waals surface area contributed by atoms with Crippen LogP contribution in [-0.2, 0) is 11.2 Å². The van der Waals surface area contributed by atoms with Crippen molar-refractivity contribution in [1.29, 1.82) is 0 Å². The van der Waals surface area contributed by atoms with Gasteiger partial charge in [0.2, 0.25) is 0 Å². The number of aromatic nitrogens is 3. The molecule has 0 saturated carbocycles. The third-order valence-electron chi connectivity index (χ3n) is 5.37. The van der Waals surface area contributed by atoms with Gasteiger partial charge in [-0.3, -0.25) is 9.59 Å². The monoisotopic (exact) mass is 383 g/mol. The number of anilines is 1. The normalized spacial score (nSPS) is 20.8. The fourth-order valence-corrected chi connectivity index (χ4v) is 4.10. The molecule has 0 bridgehead atoms. The van der Waals surface area contributed by atoms with Gasteiger partial charge in [-0.15, -0.1) is 0 Å². The predicted octanol–water partition coefficient (Wildman–Crippen LogP) is 2.03. The second-order valence-corrected chi connectivity index (χ2v) is 8.44. The SMILES string of the molecule is Cc1cn(-c2cnc(C(N)=O)c(NC3CCOC3)n2)c2c1C(=O)CC(C)(C)C2. The fourth-order valence-electron chi connectivity index (χ4n) is 4.10. The van der Waals surface area contributed by atoms with Gasteiger partial charge in [0.1, 0.15) is 0 Å². The van der Waals surface area contributed by atoms with Gasteiger partial charge in [0.15, 0.2) is 23.1 Å². The van der Waals surface area contributed by atoms with E-state index in [1.165, 1.54) is 6.20 Å². The minimum Gasteiger partial charge on any atom is -0.379 e. The summed E-state index contributed by atoms with van der Waals surface area (Å²) >= 11 is 0. The van der Waals surface area contributed by atoms with Crippen molar-refractivity contribution < 1.29 is 14.3 Å². The number of nitrogens with one attached hydrogen (secondary N) is 1. The van der Waals surface area contributed by atoms with E-state index in [1.54, 1.807) is 0 Å². The van der Waals surface area contributed by atoms with Crippen molar-refractivity contribution in [2.45, 2.75) is 46.1 Å². The summed E-state index contributed by atoms with van der Waals surface area (Å²) in [6, 6.07) is 0.0588.